The third kappa shape index (κ3) is 3.67. The molecule has 184 valence electrons. The average Bonchev–Trinajstić information content (AvgIpc) is 3.54. The Kier molecular flexibility index (Phi) is 5.54. The number of Topliss-reactive ketones (excluding diaryl/α,β-unsaturated/α-hetero) is 2. The van der Waals surface area contributed by atoms with Gasteiger partial charge in [0.1, 0.15) is 16.8 Å². The van der Waals surface area contributed by atoms with Gasteiger partial charge in [-0.25, -0.2) is 4.98 Å². The molecule has 0 N–H and O–H groups in total. The Morgan fingerprint density at radius 1 is 0.868 bits per heavy atom. The van der Waals surface area contributed by atoms with Gasteiger partial charge in [0.25, 0.3) is 0 Å². The van der Waals surface area contributed by atoms with Crippen LogP contribution in [0, 0.1) is 22.7 Å². The zero-order valence-corrected chi connectivity index (χ0v) is 22.5. The maximum Gasteiger partial charge on any atom is 0.211 e. The van der Waals surface area contributed by atoms with Crippen LogP contribution in [0.5, 0.6) is 0 Å². The van der Waals surface area contributed by atoms with E-state index in [0.29, 0.717) is 4.66 Å². The zero-order valence-electron chi connectivity index (χ0n) is 20.9. The minimum absolute atomic E-state index is 0.0185. The number of hydrogen-bond acceptors (Lipinski definition) is 7. The molecule has 0 spiro atoms. The molecule has 7 heteroatoms. The zero-order chi connectivity index (χ0) is 26.8. The number of thiophene rings is 1. The monoisotopic (exact) mass is 531 g/mol. The number of thiazole rings is 1. The average molecular weight is 532 g/mol. The van der Waals surface area contributed by atoms with Crippen molar-refractivity contribution in [3.63, 3.8) is 0 Å². The molecule has 2 aromatic carbocycles. The van der Waals surface area contributed by atoms with Crippen LogP contribution in [-0.4, -0.2) is 16.6 Å². The van der Waals surface area contributed by atoms with Gasteiger partial charge in [0.15, 0.2) is 5.57 Å². The maximum atomic E-state index is 13.0. The Bertz CT molecular complexity index is 1870. The second-order valence-corrected chi connectivity index (χ2v) is 12.6. The van der Waals surface area contributed by atoms with Crippen molar-refractivity contribution in [3.05, 3.63) is 96.6 Å². The van der Waals surface area contributed by atoms with Crippen LogP contribution >= 0.6 is 22.7 Å². The van der Waals surface area contributed by atoms with E-state index in [4.69, 9.17) is 0 Å². The summed E-state index contributed by atoms with van der Waals surface area (Å²) in [4.78, 5) is 32.5. The van der Waals surface area contributed by atoms with Crippen LogP contribution in [0.2, 0.25) is 0 Å². The summed E-state index contributed by atoms with van der Waals surface area (Å²) in [6.45, 7) is 6.19. The number of fused-ring (bicyclic) bond motifs is 1. The number of ketones is 2. The molecule has 2 heterocycles. The summed E-state index contributed by atoms with van der Waals surface area (Å²) in [6.07, 6.45) is 2.06. The Morgan fingerprint density at radius 2 is 1.50 bits per heavy atom. The normalized spacial score (nSPS) is 18.1. The second kappa shape index (κ2) is 8.70. The fraction of sp³-hybridized carbons (Fsp3) is 0.194. The van der Waals surface area contributed by atoms with Crippen LogP contribution in [0.3, 0.4) is 0 Å². The van der Waals surface area contributed by atoms with Crippen molar-refractivity contribution in [2.45, 2.75) is 38.0 Å². The van der Waals surface area contributed by atoms with Crippen LogP contribution < -0.4 is 9.20 Å². The van der Waals surface area contributed by atoms with E-state index in [1.807, 2.05) is 54.6 Å². The number of benzene rings is 2. The molecule has 3 aliphatic carbocycles. The van der Waals surface area contributed by atoms with Crippen molar-refractivity contribution in [1.29, 1.82) is 10.5 Å². The molecule has 2 aromatic heterocycles. The third-order valence-corrected chi connectivity index (χ3v) is 9.18. The Balaban J connectivity index is 1.43. The highest BCUT2D eigenvalue weighted by Crippen LogP contribution is 2.50. The van der Waals surface area contributed by atoms with Gasteiger partial charge in [-0.2, -0.15) is 10.5 Å². The molecule has 0 amide bonds. The number of nitrogens with zero attached hydrogens (tertiary/aromatic N) is 3. The lowest BCUT2D eigenvalue weighted by molar-refractivity contribution is -0.138. The van der Waals surface area contributed by atoms with Crippen molar-refractivity contribution in [2.24, 2.45) is 0 Å². The highest BCUT2D eigenvalue weighted by atomic mass is 32.1. The molecular formula is C31H21N3O2S2. The summed E-state index contributed by atoms with van der Waals surface area (Å²) in [6, 6.07) is 21.8. The summed E-state index contributed by atoms with van der Waals surface area (Å²) in [7, 11) is 0. The van der Waals surface area contributed by atoms with Crippen LogP contribution in [0.1, 0.15) is 65.4 Å². The Morgan fingerprint density at radius 3 is 2.13 bits per heavy atom. The van der Waals surface area contributed by atoms with E-state index in [0.717, 1.165) is 47.8 Å². The summed E-state index contributed by atoms with van der Waals surface area (Å²) in [5.74, 6) is -1.69. The van der Waals surface area contributed by atoms with Gasteiger partial charge >= 0.3 is 0 Å². The summed E-state index contributed by atoms with van der Waals surface area (Å²) < 4.78 is 1.36. The van der Waals surface area contributed by atoms with Crippen molar-refractivity contribution in [2.75, 3.05) is 0 Å². The van der Waals surface area contributed by atoms with Crippen molar-refractivity contribution in [1.82, 2.24) is 4.98 Å². The van der Waals surface area contributed by atoms with E-state index in [9.17, 15) is 20.1 Å². The Hall–Kier alpha value is -4.17. The highest BCUT2D eigenvalue weighted by molar-refractivity contribution is 7.16. The van der Waals surface area contributed by atoms with E-state index in [1.54, 1.807) is 11.3 Å². The second-order valence-electron chi connectivity index (χ2n) is 10.5. The molecular weight excluding hydrogens is 510 g/mol. The number of hydrogen-bond donors (Lipinski definition) is 0. The predicted octanol–water partition coefficient (Wildman–Crippen LogP) is 4.92. The van der Waals surface area contributed by atoms with Gasteiger partial charge in [0, 0.05) is 15.2 Å². The van der Waals surface area contributed by atoms with Crippen LogP contribution in [0.4, 0.5) is 0 Å². The molecule has 38 heavy (non-hydrogen) atoms. The molecule has 0 radical (unpaired) electrons. The topological polar surface area (TPSA) is 94.6 Å². The third-order valence-electron chi connectivity index (χ3n) is 7.08. The molecule has 0 fully saturated rings. The minimum atomic E-state index is -0.541. The molecule has 0 aliphatic heterocycles. The van der Waals surface area contributed by atoms with Crippen molar-refractivity contribution >= 4 is 45.9 Å². The molecule has 5 nitrogen and oxygen atoms in total. The standard InChI is InChI=1S/C31H21N3O2S2/c1-31(2,3)29-24(38-30(34-29)17(14-32)15-33)13-18-9-11-23(37-18)16-8-10-21-22(12-16)26-20-7-5-4-6-19(20)25(21)27(35)28(26)36/h4-13,25-26H,1-3H3/b24-13-. The molecule has 0 saturated carbocycles. The lowest BCUT2D eigenvalue weighted by atomic mass is 9.62. The van der Waals surface area contributed by atoms with Gasteiger partial charge in [0.05, 0.1) is 22.1 Å². The van der Waals surface area contributed by atoms with Crippen molar-refractivity contribution in [3.8, 4) is 22.6 Å². The number of nitriles is 2. The van der Waals surface area contributed by atoms with Gasteiger partial charge in [-0.05, 0) is 52.1 Å². The molecule has 4 aromatic rings. The van der Waals surface area contributed by atoms with E-state index in [-0.39, 0.29) is 22.6 Å². The van der Waals surface area contributed by atoms with Crippen LogP contribution in [0.25, 0.3) is 22.1 Å². The van der Waals surface area contributed by atoms with Gasteiger partial charge in [-0.3, -0.25) is 9.59 Å². The first-order valence-electron chi connectivity index (χ1n) is 12.2. The van der Waals surface area contributed by atoms with E-state index in [1.165, 1.54) is 11.3 Å². The quantitative estimate of drug-likeness (QED) is 0.342. The number of aromatic nitrogens is 1. The minimum Gasteiger partial charge on any atom is -0.290 e. The van der Waals surface area contributed by atoms with E-state index < -0.39 is 11.8 Å². The summed E-state index contributed by atoms with van der Waals surface area (Å²) in [5.41, 5.74) is 5.36. The molecule has 0 saturated heterocycles. The first-order valence-corrected chi connectivity index (χ1v) is 13.8. The molecule has 7 rings (SSSR count). The number of carbonyl (C=O) groups is 2. The van der Waals surface area contributed by atoms with Crippen LogP contribution in [-0.2, 0) is 15.0 Å². The number of rotatable bonds is 2. The molecule has 2 bridgehead atoms. The molecule has 3 aliphatic rings. The Labute approximate surface area is 227 Å². The first-order chi connectivity index (χ1) is 18.2. The number of carbonyl (C=O) groups excluding carboxylic acids is 2. The predicted molar refractivity (Wildman–Crippen MR) is 148 cm³/mol. The van der Waals surface area contributed by atoms with Gasteiger partial charge in [0.2, 0.25) is 11.6 Å². The molecule has 2 atom stereocenters. The van der Waals surface area contributed by atoms with E-state index >= 15 is 0 Å². The van der Waals surface area contributed by atoms with Gasteiger partial charge < -0.3 is 0 Å². The first kappa shape index (κ1) is 24.2. The smallest absolute Gasteiger partial charge is 0.211 e. The van der Waals surface area contributed by atoms with Crippen LogP contribution in [0.15, 0.2) is 54.6 Å². The maximum absolute atomic E-state index is 13.0. The fourth-order valence-electron chi connectivity index (χ4n) is 5.37. The summed E-state index contributed by atoms with van der Waals surface area (Å²) >= 11 is 2.97. The largest absolute Gasteiger partial charge is 0.290 e. The lowest BCUT2D eigenvalue weighted by Gasteiger charge is -2.38. The van der Waals surface area contributed by atoms with E-state index in [2.05, 4.69) is 44.0 Å². The van der Waals surface area contributed by atoms with Gasteiger partial charge in [-0.1, -0.05) is 57.2 Å². The lowest BCUT2D eigenvalue weighted by Crippen LogP contribution is -2.40. The molecule has 2 unspecified atom stereocenters. The fourth-order valence-corrected chi connectivity index (χ4v) is 7.57. The highest BCUT2D eigenvalue weighted by Gasteiger charge is 2.48. The SMILES string of the molecule is CC(C)(C)c1nc(=C(C#N)C#N)s/c1=C\c1ccc(-c2ccc3c(c2)C2C(=O)C(=O)C3c3ccccc32)s1. The van der Waals surface area contributed by atoms with Crippen molar-refractivity contribution < 1.29 is 9.59 Å². The summed E-state index contributed by atoms with van der Waals surface area (Å²) in [5, 5.41) is 18.6. The van der Waals surface area contributed by atoms with Gasteiger partial charge in [-0.15, -0.1) is 22.7 Å².